The van der Waals surface area contributed by atoms with Gasteiger partial charge in [0.1, 0.15) is 0 Å². The Labute approximate surface area is 99.6 Å². The van der Waals surface area contributed by atoms with Crippen molar-refractivity contribution in [1.82, 2.24) is 5.32 Å². The summed E-state index contributed by atoms with van der Waals surface area (Å²) in [6.07, 6.45) is 2.01. The second kappa shape index (κ2) is 6.85. The van der Waals surface area contributed by atoms with Crippen molar-refractivity contribution in [3.8, 4) is 0 Å². The van der Waals surface area contributed by atoms with E-state index < -0.39 is 0 Å². The standard InChI is InChI=1S/C11H16ClNOS/c1-2-9(5-6-12)8-13-11(14)10-4-3-7-15-10/h3-4,7,9H,2,5-6,8H2,1H3,(H,13,14). The predicted octanol–water partition coefficient (Wildman–Crippen LogP) is 3.13. The first kappa shape index (κ1) is 12.5. The van der Waals surface area contributed by atoms with E-state index in [1.165, 1.54) is 11.3 Å². The largest absolute Gasteiger partial charge is 0.351 e. The smallest absolute Gasteiger partial charge is 0.261 e. The lowest BCUT2D eigenvalue weighted by atomic mass is 10.0. The van der Waals surface area contributed by atoms with E-state index in [4.69, 9.17) is 11.6 Å². The molecule has 0 saturated carbocycles. The molecular weight excluding hydrogens is 230 g/mol. The third-order valence-electron chi connectivity index (χ3n) is 2.39. The summed E-state index contributed by atoms with van der Waals surface area (Å²) in [7, 11) is 0. The van der Waals surface area contributed by atoms with Crippen LogP contribution in [0.2, 0.25) is 0 Å². The number of amides is 1. The molecule has 0 bridgehead atoms. The molecule has 84 valence electrons. The number of halogens is 1. The van der Waals surface area contributed by atoms with Gasteiger partial charge in [-0.25, -0.2) is 0 Å². The van der Waals surface area contributed by atoms with E-state index in [0.29, 0.717) is 11.8 Å². The van der Waals surface area contributed by atoms with E-state index in [0.717, 1.165) is 24.3 Å². The van der Waals surface area contributed by atoms with Gasteiger partial charge in [0.25, 0.3) is 5.91 Å². The summed E-state index contributed by atoms with van der Waals surface area (Å²) in [5, 5.41) is 4.84. The Hall–Kier alpha value is -0.540. The molecule has 1 unspecified atom stereocenters. The van der Waals surface area contributed by atoms with Crippen molar-refractivity contribution < 1.29 is 4.79 Å². The van der Waals surface area contributed by atoms with E-state index >= 15 is 0 Å². The van der Waals surface area contributed by atoms with Gasteiger partial charge in [-0.3, -0.25) is 4.79 Å². The lowest BCUT2D eigenvalue weighted by molar-refractivity contribution is 0.0950. The summed E-state index contributed by atoms with van der Waals surface area (Å²) < 4.78 is 0. The number of thiophene rings is 1. The summed E-state index contributed by atoms with van der Waals surface area (Å²) in [5.41, 5.74) is 0. The summed E-state index contributed by atoms with van der Waals surface area (Å²) in [5.74, 6) is 1.18. The number of carbonyl (C=O) groups is 1. The van der Waals surface area contributed by atoms with E-state index in [1.54, 1.807) is 0 Å². The average molecular weight is 246 g/mol. The molecule has 2 nitrogen and oxygen atoms in total. The molecule has 1 heterocycles. The molecule has 15 heavy (non-hydrogen) atoms. The number of hydrogen-bond acceptors (Lipinski definition) is 2. The zero-order valence-corrected chi connectivity index (χ0v) is 10.4. The minimum atomic E-state index is 0.0259. The highest BCUT2D eigenvalue weighted by Gasteiger charge is 2.09. The van der Waals surface area contributed by atoms with Crippen LogP contribution in [0.25, 0.3) is 0 Å². The summed E-state index contributed by atoms with van der Waals surface area (Å²) >= 11 is 7.14. The van der Waals surface area contributed by atoms with Gasteiger partial charge in [-0.15, -0.1) is 22.9 Å². The third kappa shape index (κ3) is 4.22. The molecule has 4 heteroatoms. The number of rotatable bonds is 6. The minimum Gasteiger partial charge on any atom is -0.351 e. The topological polar surface area (TPSA) is 29.1 Å². The van der Waals surface area contributed by atoms with Gasteiger partial charge in [0.15, 0.2) is 0 Å². The SMILES string of the molecule is CCC(CCCl)CNC(=O)c1cccs1. The highest BCUT2D eigenvalue weighted by atomic mass is 35.5. The summed E-state index contributed by atoms with van der Waals surface area (Å²) in [6.45, 7) is 2.84. The third-order valence-corrected chi connectivity index (χ3v) is 3.48. The lowest BCUT2D eigenvalue weighted by Crippen LogP contribution is -2.28. The number of alkyl halides is 1. The van der Waals surface area contributed by atoms with Crippen LogP contribution >= 0.6 is 22.9 Å². The lowest BCUT2D eigenvalue weighted by Gasteiger charge is -2.13. The maximum absolute atomic E-state index is 11.6. The number of nitrogens with one attached hydrogen (secondary N) is 1. The van der Waals surface area contributed by atoms with Crippen LogP contribution in [-0.4, -0.2) is 18.3 Å². The van der Waals surface area contributed by atoms with E-state index in [2.05, 4.69) is 12.2 Å². The van der Waals surface area contributed by atoms with Gasteiger partial charge in [0.2, 0.25) is 0 Å². The van der Waals surface area contributed by atoms with E-state index in [-0.39, 0.29) is 5.91 Å². The molecule has 1 aromatic rings. The van der Waals surface area contributed by atoms with Crippen molar-refractivity contribution in [1.29, 1.82) is 0 Å². The van der Waals surface area contributed by atoms with Gasteiger partial charge >= 0.3 is 0 Å². The van der Waals surface area contributed by atoms with Crippen molar-refractivity contribution in [3.05, 3.63) is 22.4 Å². The van der Waals surface area contributed by atoms with Crippen molar-refractivity contribution in [2.75, 3.05) is 12.4 Å². The van der Waals surface area contributed by atoms with Crippen LogP contribution in [0.3, 0.4) is 0 Å². The first-order valence-corrected chi connectivity index (χ1v) is 6.57. The van der Waals surface area contributed by atoms with Crippen molar-refractivity contribution in [2.45, 2.75) is 19.8 Å². The van der Waals surface area contributed by atoms with Crippen LogP contribution in [0.15, 0.2) is 17.5 Å². The Morgan fingerprint density at radius 2 is 2.47 bits per heavy atom. The first-order valence-electron chi connectivity index (χ1n) is 5.15. The van der Waals surface area contributed by atoms with Gasteiger partial charge in [-0.05, 0) is 23.8 Å². The molecule has 1 N–H and O–H groups in total. The quantitative estimate of drug-likeness (QED) is 0.767. The second-order valence-electron chi connectivity index (χ2n) is 3.44. The van der Waals surface area contributed by atoms with Crippen molar-refractivity contribution >= 4 is 28.8 Å². The normalized spacial score (nSPS) is 12.4. The Kier molecular flexibility index (Phi) is 5.73. The predicted molar refractivity (Wildman–Crippen MR) is 65.8 cm³/mol. The van der Waals surface area contributed by atoms with E-state index in [9.17, 15) is 4.79 Å². The molecule has 0 spiro atoms. The Bertz CT molecular complexity index is 287. The highest BCUT2D eigenvalue weighted by Crippen LogP contribution is 2.10. The Morgan fingerprint density at radius 3 is 3.00 bits per heavy atom. The van der Waals surface area contributed by atoms with E-state index in [1.807, 2.05) is 17.5 Å². The van der Waals surface area contributed by atoms with Crippen molar-refractivity contribution in [3.63, 3.8) is 0 Å². The molecule has 1 rings (SSSR count). The van der Waals surface area contributed by atoms with Crippen LogP contribution in [0, 0.1) is 5.92 Å². The van der Waals surface area contributed by atoms with Gasteiger partial charge in [0, 0.05) is 12.4 Å². The summed E-state index contributed by atoms with van der Waals surface area (Å²) in [4.78, 5) is 12.4. The fourth-order valence-electron chi connectivity index (χ4n) is 1.34. The molecule has 1 amide bonds. The monoisotopic (exact) mass is 245 g/mol. The van der Waals surface area contributed by atoms with Gasteiger partial charge < -0.3 is 5.32 Å². The second-order valence-corrected chi connectivity index (χ2v) is 4.76. The van der Waals surface area contributed by atoms with Crippen LogP contribution in [0.5, 0.6) is 0 Å². The molecule has 0 aromatic carbocycles. The molecule has 0 aliphatic heterocycles. The molecule has 1 atom stereocenters. The van der Waals surface area contributed by atoms with Crippen LogP contribution in [0.1, 0.15) is 29.4 Å². The maximum atomic E-state index is 11.6. The summed E-state index contributed by atoms with van der Waals surface area (Å²) in [6, 6.07) is 3.72. The fraction of sp³-hybridized carbons (Fsp3) is 0.545. The van der Waals surface area contributed by atoms with Crippen LogP contribution < -0.4 is 5.32 Å². The molecule has 0 fully saturated rings. The first-order chi connectivity index (χ1) is 7.27. The van der Waals surface area contributed by atoms with Gasteiger partial charge in [0.05, 0.1) is 4.88 Å². The molecule has 0 aliphatic rings. The van der Waals surface area contributed by atoms with Crippen LogP contribution in [-0.2, 0) is 0 Å². The van der Waals surface area contributed by atoms with Gasteiger partial charge in [-0.2, -0.15) is 0 Å². The molecular formula is C11H16ClNOS. The number of hydrogen-bond donors (Lipinski definition) is 1. The van der Waals surface area contributed by atoms with Crippen LogP contribution in [0.4, 0.5) is 0 Å². The average Bonchev–Trinajstić information content (AvgIpc) is 2.77. The Morgan fingerprint density at radius 1 is 1.67 bits per heavy atom. The Balaban J connectivity index is 2.33. The van der Waals surface area contributed by atoms with Gasteiger partial charge in [-0.1, -0.05) is 19.4 Å². The molecule has 0 saturated heterocycles. The van der Waals surface area contributed by atoms with Crippen molar-refractivity contribution in [2.24, 2.45) is 5.92 Å². The molecule has 0 aliphatic carbocycles. The fourth-order valence-corrected chi connectivity index (χ4v) is 2.29. The molecule has 1 aromatic heterocycles. The number of carbonyl (C=O) groups excluding carboxylic acids is 1. The minimum absolute atomic E-state index is 0.0259. The molecule has 0 radical (unpaired) electrons. The zero-order chi connectivity index (χ0) is 11.1. The highest BCUT2D eigenvalue weighted by molar-refractivity contribution is 7.12. The maximum Gasteiger partial charge on any atom is 0.261 e. The zero-order valence-electron chi connectivity index (χ0n) is 8.83.